The summed E-state index contributed by atoms with van der Waals surface area (Å²) in [7, 11) is 0. The maximum Gasteiger partial charge on any atom is 0.262 e. The number of nitrogens with one attached hydrogen (secondary N) is 2. The quantitative estimate of drug-likeness (QED) is 0.795. The van der Waals surface area contributed by atoms with Gasteiger partial charge in [0.1, 0.15) is 0 Å². The van der Waals surface area contributed by atoms with Crippen LogP contribution in [0, 0.1) is 0 Å². The van der Waals surface area contributed by atoms with E-state index >= 15 is 0 Å². The van der Waals surface area contributed by atoms with Crippen LogP contribution in [-0.2, 0) is 4.79 Å². The summed E-state index contributed by atoms with van der Waals surface area (Å²) in [5.41, 5.74) is 6.49. The largest absolute Gasteiger partial charge is 0.481 e. The Labute approximate surface area is 131 Å². The molecule has 4 N–H and O–H groups in total. The van der Waals surface area contributed by atoms with E-state index in [1.165, 1.54) is 6.07 Å². The first-order chi connectivity index (χ1) is 11.1. The topological polar surface area (TPSA) is 111 Å². The van der Waals surface area contributed by atoms with Gasteiger partial charge in [-0.2, -0.15) is 0 Å². The van der Waals surface area contributed by atoms with Gasteiger partial charge in [0.15, 0.2) is 12.4 Å². The smallest absolute Gasteiger partial charge is 0.262 e. The number of primary amides is 1. The third-order valence-electron chi connectivity index (χ3n) is 3.32. The summed E-state index contributed by atoms with van der Waals surface area (Å²) in [5, 5.41) is 5.27. The van der Waals surface area contributed by atoms with E-state index in [0.717, 1.165) is 0 Å². The third kappa shape index (κ3) is 2.84. The van der Waals surface area contributed by atoms with E-state index in [0.29, 0.717) is 17.1 Å². The minimum absolute atomic E-state index is 0.158. The molecule has 0 radical (unpaired) electrons. The average molecular weight is 311 g/mol. The zero-order valence-corrected chi connectivity index (χ0v) is 12.0. The Morgan fingerprint density at radius 2 is 1.83 bits per heavy atom. The summed E-state index contributed by atoms with van der Waals surface area (Å²) < 4.78 is 5.34. The van der Waals surface area contributed by atoms with E-state index in [2.05, 4.69) is 10.6 Å². The summed E-state index contributed by atoms with van der Waals surface area (Å²) in [6.07, 6.45) is 0. The van der Waals surface area contributed by atoms with Crippen molar-refractivity contribution >= 4 is 29.1 Å². The van der Waals surface area contributed by atoms with Crippen molar-refractivity contribution in [2.75, 3.05) is 17.2 Å². The van der Waals surface area contributed by atoms with Gasteiger partial charge < -0.3 is 21.1 Å². The average Bonchev–Trinajstić information content (AvgIpc) is 2.54. The van der Waals surface area contributed by atoms with Crippen LogP contribution in [0.1, 0.15) is 20.7 Å². The molecule has 0 saturated heterocycles. The molecule has 116 valence electrons. The van der Waals surface area contributed by atoms with Crippen LogP contribution in [0.15, 0.2) is 42.5 Å². The summed E-state index contributed by atoms with van der Waals surface area (Å²) >= 11 is 0. The fourth-order valence-electron chi connectivity index (χ4n) is 2.29. The molecule has 0 saturated carbocycles. The number of nitrogens with two attached hydrogens (primary N) is 1. The molecule has 1 heterocycles. The highest BCUT2D eigenvalue weighted by Crippen LogP contribution is 2.32. The number of fused-ring (bicyclic) bond motifs is 1. The number of anilines is 2. The second-order valence-electron chi connectivity index (χ2n) is 4.88. The molecule has 1 aliphatic rings. The standard InChI is InChI=1S/C16H13N3O4/c17-15(21)9-4-1-2-6-11(9)19-16(22)10-5-3-7-12-14(10)23-8-13(20)18-12/h1-7H,8H2,(H2,17,21)(H,18,20)(H,19,22). The van der Waals surface area contributed by atoms with Gasteiger partial charge >= 0.3 is 0 Å². The number of amides is 3. The molecule has 0 aliphatic carbocycles. The Morgan fingerprint density at radius 1 is 1.09 bits per heavy atom. The summed E-state index contributed by atoms with van der Waals surface area (Å²) in [4.78, 5) is 35.2. The minimum atomic E-state index is -0.639. The van der Waals surface area contributed by atoms with Crippen LogP contribution >= 0.6 is 0 Å². The molecule has 2 aromatic rings. The van der Waals surface area contributed by atoms with Crippen molar-refractivity contribution in [1.82, 2.24) is 0 Å². The van der Waals surface area contributed by atoms with Crippen LogP contribution in [-0.4, -0.2) is 24.3 Å². The molecule has 7 nitrogen and oxygen atoms in total. The highest BCUT2D eigenvalue weighted by molar-refractivity contribution is 6.11. The van der Waals surface area contributed by atoms with Crippen molar-refractivity contribution < 1.29 is 19.1 Å². The first kappa shape index (κ1) is 14.6. The van der Waals surface area contributed by atoms with Gasteiger partial charge in [-0.1, -0.05) is 18.2 Å². The van der Waals surface area contributed by atoms with E-state index in [1.54, 1.807) is 36.4 Å². The SMILES string of the molecule is NC(=O)c1ccccc1NC(=O)c1cccc2c1OCC(=O)N2. The number of carbonyl (C=O) groups excluding carboxylic acids is 3. The van der Waals surface area contributed by atoms with Gasteiger partial charge in [0.05, 0.1) is 22.5 Å². The molecule has 23 heavy (non-hydrogen) atoms. The highest BCUT2D eigenvalue weighted by Gasteiger charge is 2.23. The van der Waals surface area contributed by atoms with E-state index in [9.17, 15) is 14.4 Å². The Hall–Kier alpha value is -3.35. The van der Waals surface area contributed by atoms with E-state index in [1.807, 2.05) is 0 Å². The van der Waals surface area contributed by atoms with E-state index < -0.39 is 11.8 Å². The lowest BCUT2D eigenvalue weighted by Crippen LogP contribution is -2.27. The van der Waals surface area contributed by atoms with Crippen molar-refractivity contribution in [2.45, 2.75) is 0 Å². The molecule has 1 aliphatic heterocycles. The van der Waals surface area contributed by atoms with Crippen molar-refractivity contribution in [3.05, 3.63) is 53.6 Å². The van der Waals surface area contributed by atoms with Gasteiger partial charge in [-0.05, 0) is 24.3 Å². The van der Waals surface area contributed by atoms with Crippen molar-refractivity contribution in [3.63, 3.8) is 0 Å². The molecule has 0 aromatic heterocycles. The maximum atomic E-state index is 12.5. The monoisotopic (exact) mass is 311 g/mol. The van der Waals surface area contributed by atoms with Crippen molar-refractivity contribution in [2.24, 2.45) is 5.73 Å². The molecule has 0 bridgehead atoms. The van der Waals surface area contributed by atoms with Crippen LogP contribution in [0.5, 0.6) is 5.75 Å². The predicted octanol–water partition coefficient (Wildman–Crippen LogP) is 1.37. The fraction of sp³-hybridized carbons (Fsp3) is 0.0625. The molecule has 3 rings (SSSR count). The lowest BCUT2D eigenvalue weighted by molar-refractivity contribution is -0.118. The second-order valence-corrected chi connectivity index (χ2v) is 4.88. The molecule has 7 heteroatoms. The number of carbonyl (C=O) groups is 3. The van der Waals surface area contributed by atoms with Crippen LogP contribution < -0.4 is 21.1 Å². The molecule has 0 spiro atoms. The van der Waals surface area contributed by atoms with Gasteiger partial charge in [-0.15, -0.1) is 0 Å². The van der Waals surface area contributed by atoms with Gasteiger partial charge in [0.2, 0.25) is 0 Å². The first-order valence-electron chi connectivity index (χ1n) is 6.82. The first-order valence-corrected chi connectivity index (χ1v) is 6.82. The summed E-state index contributed by atoms with van der Waals surface area (Å²) in [6.45, 7) is -0.158. The zero-order chi connectivity index (χ0) is 16.4. The molecular formula is C16H13N3O4. The molecule has 0 fully saturated rings. The number of hydrogen-bond donors (Lipinski definition) is 3. The highest BCUT2D eigenvalue weighted by atomic mass is 16.5. The van der Waals surface area contributed by atoms with Gasteiger partial charge in [-0.3, -0.25) is 14.4 Å². The van der Waals surface area contributed by atoms with Crippen LogP contribution in [0.25, 0.3) is 0 Å². The number of rotatable bonds is 3. The van der Waals surface area contributed by atoms with Gasteiger partial charge in [-0.25, -0.2) is 0 Å². The van der Waals surface area contributed by atoms with Gasteiger partial charge in [0, 0.05) is 0 Å². The zero-order valence-electron chi connectivity index (χ0n) is 12.0. The molecule has 0 unspecified atom stereocenters. The van der Waals surface area contributed by atoms with Crippen molar-refractivity contribution in [1.29, 1.82) is 0 Å². The van der Waals surface area contributed by atoms with Crippen LogP contribution in [0.4, 0.5) is 11.4 Å². The van der Waals surface area contributed by atoms with Gasteiger partial charge in [0.25, 0.3) is 17.7 Å². The molecular weight excluding hydrogens is 298 g/mol. The van der Waals surface area contributed by atoms with E-state index in [-0.39, 0.29) is 23.6 Å². The molecule has 0 atom stereocenters. The Kier molecular flexibility index (Phi) is 3.68. The Bertz CT molecular complexity index is 817. The van der Waals surface area contributed by atoms with Crippen molar-refractivity contribution in [3.8, 4) is 5.75 Å². The third-order valence-corrected chi connectivity index (χ3v) is 3.32. The molecule has 2 aromatic carbocycles. The lowest BCUT2D eigenvalue weighted by atomic mass is 10.1. The minimum Gasteiger partial charge on any atom is -0.481 e. The fourth-order valence-corrected chi connectivity index (χ4v) is 2.29. The predicted molar refractivity (Wildman–Crippen MR) is 83.5 cm³/mol. The number of para-hydroxylation sites is 2. The normalized spacial score (nSPS) is 12.6. The maximum absolute atomic E-state index is 12.5. The summed E-state index contributed by atoms with van der Waals surface area (Å²) in [5.74, 6) is -1.10. The van der Waals surface area contributed by atoms with E-state index in [4.69, 9.17) is 10.5 Å². The molecule has 3 amide bonds. The lowest BCUT2D eigenvalue weighted by Gasteiger charge is -2.20. The van der Waals surface area contributed by atoms with Crippen LogP contribution in [0.3, 0.4) is 0 Å². The second kappa shape index (κ2) is 5.80. The van der Waals surface area contributed by atoms with Crippen LogP contribution in [0.2, 0.25) is 0 Å². The Balaban J connectivity index is 1.92. The number of hydrogen-bond acceptors (Lipinski definition) is 4. The Morgan fingerprint density at radius 3 is 2.61 bits per heavy atom. The number of benzene rings is 2. The number of ether oxygens (including phenoxy) is 1. The summed E-state index contributed by atoms with van der Waals surface area (Å²) in [6, 6.07) is 11.3.